The van der Waals surface area contributed by atoms with Crippen LogP contribution in [0.1, 0.15) is 6.92 Å². The quantitative estimate of drug-likeness (QED) is 0.0224. The maximum absolute atomic E-state index is 13.9. The Kier molecular flexibility index (Phi) is 35.5. The van der Waals surface area contributed by atoms with Gasteiger partial charge in [-0.2, -0.15) is 4.73 Å². The molecule has 0 amide bonds. The molecule has 6 aromatic heterocycles. The molecular weight excluding hydrogens is 1800 g/mol. The van der Waals surface area contributed by atoms with E-state index in [2.05, 4.69) is 40.8 Å². The molecule has 121 heavy (non-hydrogen) atoms. The van der Waals surface area contributed by atoms with Crippen molar-refractivity contribution >= 4 is 109 Å². The number of aliphatic carboxylic acids is 1. The van der Waals surface area contributed by atoms with Crippen molar-refractivity contribution in [2.24, 2.45) is 0 Å². The topological polar surface area (TPSA) is 176 Å². The first-order valence-corrected chi connectivity index (χ1v) is 38.5. The minimum atomic E-state index is -1.40. The number of nitrogens with zero attached hydrogens (tertiary/aromatic N) is 6. The van der Waals surface area contributed by atoms with Crippen LogP contribution in [0.15, 0.2) is 290 Å². The standard InChI is InChI=1S/C21H16ClF2NO3.C19H12ClF2NO3.C17H10ClF2NO.C17H10ClF2N.C11H6Cl2FN.C5H3BrClN.Na/c1-2-27-21(26)12-28-20-11-15(14-5-8-17(22)18(24)9-14)10-19(25-20)13-3-6-16(23)7-4-13;20-15-6-3-12(7-16(15)22)13-8-17(11-1-4-14(21)5-2-11)23-18(9-13)26-10-19(24)25;18-15-6-3-12(9-16(15)20)13-7-8-21(22)17(10-13)11-1-4-14(19)5-2-11;18-15-6-3-12(9-16(15)20)13-7-8-21-17(10-13)11-1-4-14(19)5-2-11;12-9-2-1-7(5-10(9)14)8-3-4-15-11(13)6-8;6-4-1-2-8-5(7)3-4;/h3-11H,2,12H2,1H3;1-9H,10H2,(H,24,25);1-10H;1-10H;1-6H;1-3H;/q;;;;;;+1/p-1. The van der Waals surface area contributed by atoms with Crippen LogP contribution in [0.25, 0.3) is 101 Å². The summed E-state index contributed by atoms with van der Waals surface area (Å²) in [5, 5.41) is 23.7. The van der Waals surface area contributed by atoms with Gasteiger partial charge in [0.1, 0.15) is 69.3 Å². The normalized spacial score (nSPS) is 10.4. The molecule has 0 radical (unpaired) electrons. The van der Waals surface area contributed by atoms with Crippen LogP contribution in [0.5, 0.6) is 11.8 Å². The summed E-state index contributed by atoms with van der Waals surface area (Å²) in [6, 6.07) is 65.6. The number of esters is 1. The summed E-state index contributed by atoms with van der Waals surface area (Å²) in [6.45, 7) is 0.926. The summed E-state index contributed by atoms with van der Waals surface area (Å²) >= 11 is 42.9. The average Bonchev–Trinajstić information content (AvgIpc) is 0.812. The Bertz CT molecular complexity index is 6100. The molecule has 0 bridgehead atoms. The number of carbonyl (C=O) groups excluding carboxylic acids is 2. The summed E-state index contributed by atoms with van der Waals surface area (Å²) < 4.78 is 137. The number of carboxylic acid groups (broad SMARTS) is 1. The van der Waals surface area contributed by atoms with Gasteiger partial charge in [0.15, 0.2) is 12.8 Å². The summed E-state index contributed by atoms with van der Waals surface area (Å²) in [5.74, 6) is -5.81. The number of hydrogen-bond donors (Lipinski definition) is 0. The van der Waals surface area contributed by atoms with Crippen LogP contribution in [0.3, 0.4) is 0 Å². The van der Waals surface area contributed by atoms with Crippen LogP contribution in [-0.4, -0.2) is 56.7 Å². The van der Waals surface area contributed by atoms with Crippen molar-refractivity contribution in [1.82, 2.24) is 24.9 Å². The number of rotatable bonds is 16. The third-order valence-corrected chi connectivity index (χ3v) is 18.9. The number of halogens is 17. The third kappa shape index (κ3) is 28.3. The molecule has 608 valence electrons. The molecule has 0 aliphatic heterocycles. The fourth-order valence-corrected chi connectivity index (χ4v) is 12.1. The van der Waals surface area contributed by atoms with Gasteiger partial charge in [-0.15, -0.1) is 0 Å². The van der Waals surface area contributed by atoms with Crippen LogP contribution in [-0.2, 0) is 14.3 Å². The van der Waals surface area contributed by atoms with E-state index in [9.17, 15) is 59.4 Å². The van der Waals surface area contributed by atoms with Crippen molar-refractivity contribution in [3.05, 3.63) is 383 Å². The minimum absolute atomic E-state index is 0. The molecule has 0 N–H and O–H groups in total. The van der Waals surface area contributed by atoms with Gasteiger partial charge in [0.05, 0.1) is 54.8 Å². The Labute approximate surface area is 752 Å². The van der Waals surface area contributed by atoms with Crippen molar-refractivity contribution in [3.8, 4) is 112 Å². The zero-order chi connectivity index (χ0) is 86.1. The van der Waals surface area contributed by atoms with Crippen molar-refractivity contribution in [2.45, 2.75) is 6.92 Å². The van der Waals surface area contributed by atoms with E-state index < -0.39 is 53.4 Å². The predicted molar refractivity (Wildman–Crippen MR) is 451 cm³/mol. The van der Waals surface area contributed by atoms with Crippen LogP contribution in [0.2, 0.25) is 35.4 Å². The Hall–Kier alpha value is -10.9. The SMILES string of the molecule is CCOC(=O)COc1cc(-c2ccc(Cl)c(F)c2)cc(-c2ccc(F)cc2)n1.Clc1cc(Br)ccn1.Fc1cc(-c2ccnc(Cl)c2)ccc1Cl.Fc1ccc(-c2cc(-c3ccc(Cl)c(F)c3)ccn2)cc1.O=C([O-])COc1cc(-c2ccc(Cl)c(F)c2)cc(-c2ccc(F)cc2)n1.[Na+].[O-][n+]1ccc(-c2ccc(Cl)c(F)c2)cc1-c1ccc(F)cc1. The smallest absolute Gasteiger partial charge is 0.618 e. The molecule has 0 aliphatic rings. The number of hydrogen-bond acceptors (Lipinski definition) is 12. The Morgan fingerprint density at radius 1 is 0.355 bits per heavy atom. The van der Waals surface area contributed by atoms with E-state index in [1.807, 2.05) is 12.1 Å². The van der Waals surface area contributed by atoms with Gasteiger partial charge in [-0.25, -0.2) is 64.2 Å². The van der Waals surface area contributed by atoms with Gasteiger partial charge < -0.3 is 29.3 Å². The minimum Gasteiger partial charge on any atom is -0.618 e. The maximum atomic E-state index is 13.9. The first-order chi connectivity index (χ1) is 57.5. The van der Waals surface area contributed by atoms with Gasteiger partial charge in [-0.1, -0.05) is 127 Å². The van der Waals surface area contributed by atoms with Gasteiger partial charge in [0.25, 0.3) is 0 Å². The zero-order valence-electron chi connectivity index (χ0n) is 62.7. The molecule has 15 aromatic rings. The van der Waals surface area contributed by atoms with Crippen LogP contribution in [0.4, 0.5) is 39.5 Å². The van der Waals surface area contributed by atoms with Crippen molar-refractivity contribution in [1.29, 1.82) is 0 Å². The van der Waals surface area contributed by atoms with E-state index in [4.69, 9.17) is 95.4 Å². The predicted octanol–water partition coefficient (Wildman–Crippen LogP) is 22.4. The average molecular weight is 1860 g/mol. The summed E-state index contributed by atoms with van der Waals surface area (Å²) in [6.07, 6.45) is 6.19. The second-order valence-corrected chi connectivity index (χ2v) is 28.5. The van der Waals surface area contributed by atoms with Crippen molar-refractivity contribution in [3.63, 3.8) is 0 Å². The maximum Gasteiger partial charge on any atom is 1.00 e. The monoisotopic (exact) mass is 1850 g/mol. The van der Waals surface area contributed by atoms with E-state index in [1.165, 1.54) is 146 Å². The largest absolute Gasteiger partial charge is 1.00 e. The Morgan fingerprint density at radius 3 is 1.02 bits per heavy atom. The fourth-order valence-electron chi connectivity index (χ4n) is 10.7. The third-order valence-electron chi connectivity index (χ3n) is 16.5. The second kappa shape index (κ2) is 45.7. The number of carboxylic acids is 1. The van der Waals surface area contributed by atoms with E-state index in [0.717, 1.165) is 26.7 Å². The van der Waals surface area contributed by atoms with Crippen molar-refractivity contribution in [2.75, 3.05) is 19.8 Å². The number of benzene rings is 9. The molecule has 0 aliphatic carbocycles. The summed E-state index contributed by atoms with van der Waals surface area (Å²) in [7, 11) is 0. The van der Waals surface area contributed by atoms with Gasteiger partial charge in [-0.05, 0) is 269 Å². The molecule has 9 aromatic carbocycles. The van der Waals surface area contributed by atoms with E-state index in [0.29, 0.717) is 93.4 Å². The molecule has 0 atom stereocenters. The molecule has 0 fully saturated rings. The molecular formula is C90H56BrCl7F9N6NaO7. The summed E-state index contributed by atoms with van der Waals surface area (Å²) in [4.78, 5) is 42.7. The van der Waals surface area contributed by atoms with Crippen LogP contribution >= 0.6 is 97.1 Å². The summed E-state index contributed by atoms with van der Waals surface area (Å²) in [5.41, 5.74) is 11.0. The second-order valence-electron chi connectivity index (χ2n) is 24.8. The fraction of sp³-hybridized carbons (Fsp3) is 0.0444. The Morgan fingerprint density at radius 2 is 0.669 bits per heavy atom. The number of ether oxygens (including phenoxy) is 3. The molecule has 0 unspecified atom stereocenters. The molecule has 13 nitrogen and oxygen atoms in total. The number of aromatic nitrogens is 6. The first-order valence-electron chi connectivity index (χ1n) is 35.1. The van der Waals surface area contributed by atoms with Crippen LogP contribution in [0, 0.1) is 57.6 Å². The van der Waals surface area contributed by atoms with Gasteiger partial charge in [0.2, 0.25) is 17.5 Å². The Balaban J connectivity index is 0.000000169. The molecule has 6 heterocycles. The van der Waals surface area contributed by atoms with E-state index >= 15 is 0 Å². The number of pyridine rings is 6. The van der Waals surface area contributed by atoms with Gasteiger partial charge in [0, 0.05) is 69.6 Å². The molecule has 0 saturated carbocycles. The van der Waals surface area contributed by atoms with E-state index in [1.54, 1.807) is 135 Å². The van der Waals surface area contributed by atoms with Crippen LogP contribution < -0.4 is 48.9 Å². The van der Waals surface area contributed by atoms with Gasteiger partial charge >= 0.3 is 35.5 Å². The number of carbonyl (C=O) groups is 2. The van der Waals surface area contributed by atoms with Crippen molar-refractivity contribution < 1.29 is 103 Å². The van der Waals surface area contributed by atoms with Gasteiger partial charge in [-0.3, -0.25) is 4.98 Å². The first kappa shape index (κ1) is 94.0. The molecule has 31 heteroatoms. The molecule has 0 spiro atoms. The molecule has 15 rings (SSSR count). The molecule has 0 saturated heterocycles. The zero-order valence-corrected chi connectivity index (χ0v) is 71.6. The van der Waals surface area contributed by atoms with E-state index in [-0.39, 0.29) is 97.1 Å².